The van der Waals surface area contributed by atoms with Gasteiger partial charge in [-0.25, -0.2) is 0 Å². The molecule has 0 radical (unpaired) electrons. The third-order valence-electron chi connectivity index (χ3n) is 2.12. The van der Waals surface area contributed by atoms with E-state index < -0.39 is 0 Å². The fourth-order valence-electron chi connectivity index (χ4n) is 1.39. The molecule has 1 aromatic rings. The van der Waals surface area contributed by atoms with Crippen LogP contribution in [0, 0.1) is 0 Å². The molecule has 0 aliphatic heterocycles. The Morgan fingerprint density at radius 1 is 1.44 bits per heavy atom. The normalized spacial score (nSPS) is 12.1. The van der Waals surface area contributed by atoms with Gasteiger partial charge in [-0.05, 0) is 18.6 Å². The summed E-state index contributed by atoms with van der Waals surface area (Å²) >= 11 is 0. The van der Waals surface area contributed by atoms with E-state index >= 15 is 0 Å². The maximum Gasteiger partial charge on any atom is 0.310 e. The summed E-state index contributed by atoms with van der Waals surface area (Å²) in [5.41, 5.74) is 7.12. The molecule has 1 rings (SSSR count). The average Bonchev–Trinajstić information content (AvgIpc) is 2.21. The first-order valence-corrected chi connectivity index (χ1v) is 5.15. The molecule has 0 heterocycles. The van der Waals surface area contributed by atoms with Crippen molar-refractivity contribution in [2.24, 2.45) is 0 Å². The Labute approximate surface area is 95.3 Å². The van der Waals surface area contributed by atoms with Gasteiger partial charge in [-0.15, -0.1) is 0 Å². The number of hydrogen-bond donors (Lipinski definition) is 1. The highest BCUT2D eigenvalue weighted by Crippen LogP contribution is 2.12. The van der Waals surface area contributed by atoms with Crippen molar-refractivity contribution in [2.45, 2.75) is 19.4 Å². The molecular weight excluding hydrogens is 206 g/mol. The molecule has 1 aromatic carbocycles. The van der Waals surface area contributed by atoms with Crippen molar-refractivity contribution < 1.29 is 14.3 Å². The number of anilines is 1. The molecule has 0 aromatic heterocycles. The van der Waals surface area contributed by atoms with Gasteiger partial charge in [-0.2, -0.15) is 0 Å². The lowest BCUT2D eigenvalue weighted by Crippen LogP contribution is -2.21. The lowest BCUT2D eigenvalue weighted by atomic mass is 10.1. The van der Waals surface area contributed by atoms with Crippen molar-refractivity contribution in [1.29, 1.82) is 0 Å². The molecule has 1 atom stereocenters. The Morgan fingerprint density at radius 3 is 2.75 bits per heavy atom. The van der Waals surface area contributed by atoms with E-state index in [2.05, 4.69) is 0 Å². The van der Waals surface area contributed by atoms with Gasteiger partial charge in [0.05, 0.1) is 13.0 Å². The molecule has 0 unspecified atom stereocenters. The predicted molar refractivity (Wildman–Crippen MR) is 62.0 cm³/mol. The Kier molecular flexibility index (Phi) is 4.79. The van der Waals surface area contributed by atoms with E-state index in [9.17, 15) is 4.79 Å². The van der Waals surface area contributed by atoms with E-state index in [1.165, 1.54) is 0 Å². The van der Waals surface area contributed by atoms with E-state index in [-0.39, 0.29) is 18.5 Å². The zero-order chi connectivity index (χ0) is 12.0. The minimum Gasteiger partial charge on any atom is -0.460 e. The van der Waals surface area contributed by atoms with Gasteiger partial charge in [0, 0.05) is 12.8 Å². The molecule has 0 aliphatic rings. The van der Waals surface area contributed by atoms with Gasteiger partial charge >= 0.3 is 5.97 Å². The minimum atomic E-state index is -0.289. The van der Waals surface area contributed by atoms with Crippen LogP contribution in [0.2, 0.25) is 0 Å². The number of hydrogen-bond acceptors (Lipinski definition) is 4. The highest BCUT2D eigenvalue weighted by atomic mass is 16.6. The van der Waals surface area contributed by atoms with E-state index in [0.29, 0.717) is 12.3 Å². The summed E-state index contributed by atoms with van der Waals surface area (Å²) in [5.74, 6) is -0.289. The van der Waals surface area contributed by atoms with Crippen LogP contribution in [0.3, 0.4) is 0 Å². The summed E-state index contributed by atoms with van der Waals surface area (Å²) in [7, 11) is 1.57. The minimum absolute atomic E-state index is 0.195. The Hall–Kier alpha value is -1.55. The van der Waals surface area contributed by atoms with Gasteiger partial charge < -0.3 is 15.2 Å². The zero-order valence-corrected chi connectivity index (χ0v) is 9.60. The molecule has 0 saturated heterocycles. The molecule has 0 amide bonds. The largest absolute Gasteiger partial charge is 0.460 e. The fraction of sp³-hybridized carbons (Fsp3) is 0.417. The Morgan fingerprint density at radius 2 is 2.12 bits per heavy atom. The van der Waals surface area contributed by atoms with Gasteiger partial charge in [-0.1, -0.05) is 18.2 Å². The summed E-state index contributed by atoms with van der Waals surface area (Å²) in [6.07, 6.45) is -0.0387. The number of nitrogen functional groups attached to an aromatic ring is 1. The summed E-state index contributed by atoms with van der Waals surface area (Å²) in [5, 5.41) is 0. The molecule has 4 heteroatoms. The second-order valence-corrected chi connectivity index (χ2v) is 3.63. The number of nitrogens with two attached hydrogens (primary N) is 1. The Bertz CT molecular complexity index is 352. The summed E-state index contributed by atoms with van der Waals surface area (Å²) < 4.78 is 10.0. The van der Waals surface area contributed by atoms with Gasteiger partial charge in [0.25, 0.3) is 0 Å². The highest BCUT2D eigenvalue weighted by molar-refractivity contribution is 5.74. The van der Waals surface area contributed by atoms with E-state index in [1.807, 2.05) is 18.2 Å². The van der Waals surface area contributed by atoms with Crippen molar-refractivity contribution in [2.75, 3.05) is 19.5 Å². The highest BCUT2D eigenvalue weighted by Gasteiger charge is 2.11. The molecule has 0 bridgehead atoms. The molecule has 4 nitrogen and oxygen atoms in total. The number of rotatable bonds is 5. The Balaban J connectivity index is 2.49. The monoisotopic (exact) mass is 223 g/mol. The van der Waals surface area contributed by atoms with Crippen LogP contribution in [0.15, 0.2) is 24.3 Å². The van der Waals surface area contributed by atoms with Crippen LogP contribution in [-0.2, 0) is 20.7 Å². The lowest BCUT2D eigenvalue weighted by molar-refractivity contribution is -0.149. The second-order valence-electron chi connectivity index (χ2n) is 3.63. The lowest BCUT2D eigenvalue weighted by Gasteiger charge is -2.12. The number of para-hydroxylation sites is 1. The first-order valence-electron chi connectivity index (χ1n) is 5.15. The molecule has 16 heavy (non-hydrogen) atoms. The van der Waals surface area contributed by atoms with Crippen LogP contribution >= 0.6 is 0 Å². The van der Waals surface area contributed by atoms with Crippen molar-refractivity contribution in [3.05, 3.63) is 29.8 Å². The van der Waals surface area contributed by atoms with Crippen molar-refractivity contribution in [1.82, 2.24) is 0 Å². The summed E-state index contributed by atoms with van der Waals surface area (Å²) in [6.45, 7) is 2.19. The first kappa shape index (κ1) is 12.5. The van der Waals surface area contributed by atoms with Crippen molar-refractivity contribution >= 4 is 11.7 Å². The first-order chi connectivity index (χ1) is 7.63. The van der Waals surface area contributed by atoms with Crippen LogP contribution in [0.1, 0.15) is 12.5 Å². The van der Waals surface area contributed by atoms with Crippen LogP contribution in [0.5, 0.6) is 0 Å². The number of carbonyl (C=O) groups is 1. The topological polar surface area (TPSA) is 61.5 Å². The third kappa shape index (κ3) is 3.90. The quantitative estimate of drug-likeness (QED) is 0.605. The van der Waals surface area contributed by atoms with Crippen LogP contribution in [0.4, 0.5) is 5.69 Å². The number of carbonyl (C=O) groups excluding carboxylic acids is 1. The maximum absolute atomic E-state index is 11.5. The molecule has 2 N–H and O–H groups in total. The van der Waals surface area contributed by atoms with Crippen LogP contribution < -0.4 is 5.73 Å². The standard InChI is InChI=1S/C12H17NO3/c1-9(8-15-2)16-12(14)7-10-5-3-4-6-11(10)13/h3-6,9H,7-8,13H2,1-2H3/t9-/m0/s1. The number of esters is 1. The molecule has 0 fully saturated rings. The van der Waals surface area contributed by atoms with Crippen molar-refractivity contribution in [3.63, 3.8) is 0 Å². The average molecular weight is 223 g/mol. The number of methoxy groups -OCH3 is 1. The fourth-order valence-corrected chi connectivity index (χ4v) is 1.39. The van der Waals surface area contributed by atoms with Crippen LogP contribution in [-0.4, -0.2) is 25.8 Å². The predicted octanol–water partition coefficient (Wildman–Crippen LogP) is 1.39. The molecule has 0 spiro atoms. The second kappa shape index (κ2) is 6.12. The van der Waals surface area contributed by atoms with Gasteiger partial charge in [0.1, 0.15) is 6.10 Å². The molecular formula is C12H17NO3. The third-order valence-corrected chi connectivity index (χ3v) is 2.12. The van der Waals surface area contributed by atoms with Crippen molar-refractivity contribution in [3.8, 4) is 0 Å². The summed E-state index contributed by atoms with van der Waals surface area (Å²) in [4.78, 5) is 11.5. The van der Waals surface area contributed by atoms with Gasteiger partial charge in [0.15, 0.2) is 0 Å². The molecule has 0 aliphatic carbocycles. The van der Waals surface area contributed by atoms with Gasteiger partial charge in [0.2, 0.25) is 0 Å². The number of benzene rings is 1. The maximum atomic E-state index is 11.5. The van der Waals surface area contributed by atoms with E-state index in [0.717, 1.165) is 5.56 Å². The molecule has 88 valence electrons. The van der Waals surface area contributed by atoms with Crippen LogP contribution in [0.25, 0.3) is 0 Å². The number of ether oxygens (including phenoxy) is 2. The zero-order valence-electron chi connectivity index (χ0n) is 9.60. The van der Waals surface area contributed by atoms with E-state index in [1.54, 1.807) is 20.1 Å². The SMILES string of the molecule is COC[C@H](C)OC(=O)Cc1ccccc1N. The summed E-state index contributed by atoms with van der Waals surface area (Å²) in [6, 6.07) is 7.26. The van der Waals surface area contributed by atoms with Gasteiger partial charge in [-0.3, -0.25) is 4.79 Å². The molecule has 0 saturated carbocycles. The smallest absolute Gasteiger partial charge is 0.310 e. The van der Waals surface area contributed by atoms with E-state index in [4.69, 9.17) is 15.2 Å².